The van der Waals surface area contributed by atoms with Crippen LogP contribution in [-0.2, 0) is 9.53 Å². The number of esters is 1. The van der Waals surface area contributed by atoms with Crippen molar-refractivity contribution in [1.29, 1.82) is 0 Å². The molecule has 8 heteroatoms. The first-order chi connectivity index (χ1) is 13.0. The summed E-state index contributed by atoms with van der Waals surface area (Å²) in [6.07, 6.45) is 1.56. The van der Waals surface area contributed by atoms with Crippen LogP contribution in [0.2, 0.25) is 0 Å². The molecule has 0 amide bonds. The van der Waals surface area contributed by atoms with Gasteiger partial charge in [-0.3, -0.25) is 0 Å². The van der Waals surface area contributed by atoms with Crippen molar-refractivity contribution in [3.05, 3.63) is 59.3 Å². The van der Waals surface area contributed by atoms with Gasteiger partial charge < -0.3 is 18.9 Å². The standard InChI is InChI=1S/C19H15F2NO5/c1-24-13-5-3-4-11(8-13)9-14-18(23)27-17(22-14)12-6-7-15(26-19(20)21)16(10-12)25-2/h3-10,19H,1-2H3. The van der Waals surface area contributed by atoms with Crippen LogP contribution in [0.25, 0.3) is 6.08 Å². The minimum absolute atomic E-state index is 0.0380. The Bertz CT molecular complexity index is 924. The summed E-state index contributed by atoms with van der Waals surface area (Å²) in [6, 6.07) is 11.2. The Morgan fingerprint density at radius 3 is 2.59 bits per heavy atom. The number of carbonyl (C=O) groups excluding carboxylic acids is 1. The third-order valence-corrected chi connectivity index (χ3v) is 3.64. The normalized spacial score (nSPS) is 14.9. The Morgan fingerprint density at radius 2 is 1.89 bits per heavy atom. The number of carbonyl (C=O) groups is 1. The van der Waals surface area contributed by atoms with Crippen molar-refractivity contribution in [1.82, 2.24) is 0 Å². The zero-order valence-corrected chi connectivity index (χ0v) is 14.4. The molecule has 0 spiro atoms. The van der Waals surface area contributed by atoms with Crippen LogP contribution >= 0.6 is 0 Å². The molecule has 0 saturated heterocycles. The van der Waals surface area contributed by atoms with Gasteiger partial charge in [0.15, 0.2) is 17.2 Å². The van der Waals surface area contributed by atoms with Gasteiger partial charge in [-0.05, 0) is 42.0 Å². The summed E-state index contributed by atoms with van der Waals surface area (Å²) in [5, 5.41) is 0. The predicted octanol–water partition coefficient (Wildman–Crippen LogP) is 3.65. The molecule has 1 heterocycles. The van der Waals surface area contributed by atoms with Crippen molar-refractivity contribution in [2.45, 2.75) is 6.61 Å². The van der Waals surface area contributed by atoms with Crippen LogP contribution in [0, 0.1) is 0 Å². The van der Waals surface area contributed by atoms with Crippen molar-refractivity contribution >= 4 is 17.9 Å². The van der Waals surface area contributed by atoms with Gasteiger partial charge in [0, 0.05) is 5.56 Å². The lowest BCUT2D eigenvalue weighted by atomic mass is 10.2. The Labute approximate surface area is 153 Å². The van der Waals surface area contributed by atoms with Gasteiger partial charge in [0.1, 0.15) is 5.75 Å². The van der Waals surface area contributed by atoms with E-state index in [1.165, 1.54) is 25.3 Å². The van der Waals surface area contributed by atoms with Gasteiger partial charge in [0.25, 0.3) is 0 Å². The number of cyclic esters (lactones) is 1. The van der Waals surface area contributed by atoms with E-state index in [9.17, 15) is 13.6 Å². The highest BCUT2D eigenvalue weighted by Gasteiger charge is 2.25. The fourth-order valence-corrected chi connectivity index (χ4v) is 2.42. The molecular weight excluding hydrogens is 360 g/mol. The summed E-state index contributed by atoms with van der Waals surface area (Å²) in [6.45, 7) is -2.98. The third kappa shape index (κ3) is 4.22. The van der Waals surface area contributed by atoms with Crippen LogP contribution in [0.5, 0.6) is 17.2 Å². The van der Waals surface area contributed by atoms with E-state index in [1.807, 2.05) is 0 Å². The van der Waals surface area contributed by atoms with Gasteiger partial charge in [-0.25, -0.2) is 9.79 Å². The van der Waals surface area contributed by atoms with E-state index >= 15 is 0 Å². The molecule has 140 valence electrons. The summed E-state index contributed by atoms with van der Waals surface area (Å²) in [7, 11) is 2.86. The molecule has 0 unspecified atom stereocenters. The van der Waals surface area contributed by atoms with Gasteiger partial charge in [-0.2, -0.15) is 8.78 Å². The number of rotatable bonds is 6. The molecule has 0 aliphatic carbocycles. The summed E-state index contributed by atoms with van der Waals surface area (Å²) >= 11 is 0. The molecule has 0 N–H and O–H groups in total. The first-order valence-corrected chi connectivity index (χ1v) is 7.80. The maximum absolute atomic E-state index is 12.4. The summed E-state index contributed by atoms with van der Waals surface area (Å²) < 4.78 is 44.6. The summed E-state index contributed by atoms with van der Waals surface area (Å²) in [5.74, 6) is -0.0138. The van der Waals surface area contributed by atoms with E-state index < -0.39 is 12.6 Å². The highest BCUT2D eigenvalue weighted by Crippen LogP contribution is 2.31. The molecule has 0 saturated carbocycles. The first kappa shape index (κ1) is 18.4. The molecule has 0 radical (unpaired) electrons. The second-order valence-electron chi connectivity index (χ2n) is 5.36. The molecule has 0 fully saturated rings. The molecule has 2 aromatic carbocycles. The highest BCUT2D eigenvalue weighted by molar-refractivity contribution is 6.13. The molecule has 6 nitrogen and oxygen atoms in total. The number of hydrogen-bond acceptors (Lipinski definition) is 6. The van der Waals surface area contributed by atoms with Crippen LogP contribution in [0.1, 0.15) is 11.1 Å². The van der Waals surface area contributed by atoms with E-state index in [2.05, 4.69) is 9.73 Å². The van der Waals surface area contributed by atoms with E-state index in [4.69, 9.17) is 14.2 Å². The van der Waals surface area contributed by atoms with Crippen molar-refractivity contribution in [3.63, 3.8) is 0 Å². The SMILES string of the molecule is COc1cccc(C=C2N=C(c3ccc(OC(F)F)c(OC)c3)OC2=O)c1. The van der Waals surface area contributed by atoms with Gasteiger partial charge in [-0.15, -0.1) is 0 Å². The Balaban J connectivity index is 1.90. The van der Waals surface area contributed by atoms with E-state index in [0.29, 0.717) is 16.9 Å². The van der Waals surface area contributed by atoms with Crippen molar-refractivity contribution in [2.75, 3.05) is 14.2 Å². The number of hydrogen-bond donors (Lipinski definition) is 0. The highest BCUT2D eigenvalue weighted by atomic mass is 19.3. The second kappa shape index (κ2) is 7.86. The van der Waals surface area contributed by atoms with Crippen molar-refractivity contribution in [2.24, 2.45) is 4.99 Å². The van der Waals surface area contributed by atoms with E-state index in [1.54, 1.807) is 37.5 Å². The number of nitrogens with zero attached hydrogens (tertiary/aromatic N) is 1. The maximum atomic E-state index is 12.4. The minimum atomic E-state index is -2.98. The molecule has 1 aliphatic rings. The second-order valence-corrected chi connectivity index (χ2v) is 5.36. The first-order valence-electron chi connectivity index (χ1n) is 7.80. The quantitative estimate of drug-likeness (QED) is 0.570. The van der Waals surface area contributed by atoms with Crippen LogP contribution < -0.4 is 14.2 Å². The number of benzene rings is 2. The fourth-order valence-electron chi connectivity index (χ4n) is 2.42. The summed E-state index contributed by atoms with van der Waals surface area (Å²) in [4.78, 5) is 16.3. The zero-order valence-electron chi connectivity index (χ0n) is 14.4. The van der Waals surface area contributed by atoms with Crippen LogP contribution in [0.4, 0.5) is 8.78 Å². The number of ether oxygens (including phenoxy) is 4. The molecule has 3 rings (SSSR count). The smallest absolute Gasteiger partial charge is 0.387 e. The van der Waals surface area contributed by atoms with Crippen molar-refractivity contribution < 1.29 is 32.5 Å². The largest absolute Gasteiger partial charge is 0.497 e. The van der Waals surface area contributed by atoms with Gasteiger partial charge in [0.2, 0.25) is 5.90 Å². The Hall–Kier alpha value is -3.42. The fraction of sp³-hybridized carbons (Fsp3) is 0.158. The lowest BCUT2D eigenvalue weighted by Gasteiger charge is -2.10. The third-order valence-electron chi connectivity index (χ3n) is 3.64. The molecule has 27 heavy (non-hydrogen) atoms. The Kier molecular flexibility index (Phi) is 5.35. The lowest BCUT2D eigenvalue weighted by molar-refractivity contribution is -0.129. The van der Waals surface area contributed by atoms with Crippen LogP contribution in [-0.4, -0.2) is 32.7 Å². The van der Waals surface area contributed by atoms with E-state index in [0.717, 1.165) is 0 Å². The molecule has 2 aromatic rings. The average molecular weight is 375 g/mol. The number of alkyl halides is 2. The Morgan fingerprint density at radius 1 is 1.07 bits per heavy atom. The van der Waals surface area contributed by atoms with Crippen LogP contribution in [0.15, 0.2) is 53.2 Å². The average Bonchev–Trinajstić information content (AvgIpc) is 3.02. The molecule has 1 aliphatic heterocycles. The molecule has 0 atom stereocenters. The molecule has 0 bridgehead atoms. The number of halogens is 2. The minimum Gasteiger partial charge on any atom is -0.497 e. The molecule has 0 aromatic heterocycles. The predicted molar refractivity (Wildman–Crippen MR) is 93.2 cm³/mol. The van der Waals surface area contributed by atoms with Gasteiger partial charge in [0.05, 0.1) is 14.2 Å². The summed E-state index contributed by atoms with van der Waals surface area (Å²) in [5.41, 5.74) is 1.20. The molecular formula is C19H15F2NO5. The van der Waals surface area contributed by atoms with E-state index in [-0.39, 0.29) is 23.1 Å². The lowest BCUT2D eigenvalue weighted by Crippen LogP contribution is -2.07. The maximum Gasteiger partial charge on any atom is 0.387 e. The van der Waals surface area contributed by atoms with Crippen molar-refractivity contribution in [3.8, 4) is 17.2 Å². The topological polar surface area (TPSA) is 66.3 Å². The number of methoxy groups -OCH3 is 2. The number of aliphatic imine (C=N–C) groups is 1. The monoisotopic (exact) mass is 375 g/mol. The van der Waals surface area contributed by atoms with Gasteiger partial charge in [-0.1, -0.05) is 12.1 Å². The van der Waals surface area contributed by atoms with Gasteiger partial charge >= 0.3 is 12.6 Å². The zero-order chi connectivity index (χ0) is 19.4. The van der Waals surface area contributed by atoms with Crippen LogP contribution in [0.3, 0.4) is 0 Å².